The molecule has 4 rings (SSSR count). The summed E-state index contributed by atoms with van der Waals surface area (Å²) >= 11 is 0. The minimum absolute atomic E-state index is 0.0734. The van der Waals surface area contributed by atoms with Gasteiger partial charge in [-0.05, 0) is 73.9 Å². The second-order valence-corrected chi connectivity index (χ2v) is 10.3. The van der Waals surface area contributed by atoms with Crippen molar-refractivity contribution in [3.63, 3.8) is 0 Å². The highest BCUT2D eigenvalue weighted by Crippen LogP contribution is 2.46. The number of hydrogen-bond acceptors (Lipinski definition) is 5. The molecule has 2 fully saturated rings. The van der Waals surface area contributed by atoms with Crippen molar-refractivity contribution in [2.45, 2.75) is 52.5 Å². The molecule has 1 aliphatic heterocycles. The van der Waals surface area contributed by atoms with Crippen LogP contribution < -0.4 is 20.1 Å². The molecule has 1 saturated carbocycles. The highest BCUT2D eigenvalue weighted by molar-refractivity contribution is 6.10. The number of urea groups is 1. The highest BCUT2D eigenvalue weighted by atomic mass is 16.5. The normalized spacial score (nSPS) is 23.2. The van der Waals surface area contributed by atoms with Crippen LogP contribution >= 0.6 is 0 Å². The van der Waals surface area contributed by atoms with Crippen LogP contribution in [0, 0.1) is 11.3 Å². The molecule has 8 heteroatoms. The number of rotatable bonds is 7. The zero-order valence-corrected chi connectivity index (χ0v) is 20.7. The maximum absolute atomic E-state index is 13.3. The summed E-state index contributed by atoms with van der Waals surface area (Å²) in [6.07, 6.45) is 2.13. The Labute approximate surface area is 206 Å². The summed E-state index contributed by atoms with van der Waals surface area (Å²) in [6.45, 7) is 8.45. The standard InChI is InChI=1S/C27H33N3O5/c1-5-34-19-10-12-20(13-11-19)35-22-9-7-6-8-21(22)28-23(31)16-30-24(32)27(29-25(30)33)15-18(2)14-26(3,4)17-27/h6-13,18H,5,14-17H2,1-4H3,(H,28,31)(H,29,33). The number of hydrogen-bond donors (Lipinski definition) is 2. The molecule has 2 aliphatic rings. The van der Waals surface area contributed by atoms with Crippen LogP contribution in [0.2, 0.25) is 0 Å². The number of carbonyl (C=O) groups excluding carboxylic acids is 3. The molecule has 1 heterocycles. The number of ether oxygens (including phenoxy) is 2. The number of amides is 4. The zero-order valence-electron chi connectivity index (χ0n) is 20.7. The van der Waals surface area contributed by atoms with Crippen molar-refractivity contribution in [2.24, 2.45) is 11.3 Å². The Morgan fingerprint density at radius 1 is 1.09 bits per heavy atom. The first-order chi connectivity index (χ1) is 16.6. The van der Waals surface area contributed by atoms with Gasteiger partial charge in [0.15, 0.2) is 5.75 Å². The third-order valence-electron chi connectivity index (χ3n) is 6.45. The molecule has 8 nitrogen and oxygen atoms in total. The predicted octanol–water partition coefficient (Wildman–Crippen LogP) is 4.95. The van der Waals surface area contributed by atoms with Gasteiger partial charge in [0, 0.05) is 0 Å². The van der Waals surface area contributed by atoms with Crippen LogP contribution in [0.5, 0.6) is 17.2 Å². The third kappa shape index (κ3) is 5.42. The maximum Gasteiger partial charge on any atom is 0.325 e. The lowest BCUT2D eigenvalue weighted by atomic mass is 9.64. The van der Waals surface area contributed by atoms with Gasteiger partial charge >= 0.3 is 6.03 Å². The number of nitrogens with zero attached hydrogens (tertiary/aromatic N) is 1. The van der Waals surface area contributed by atoms with Gasteiger partial charge in [-0.1, -0.05) is 32.9 Å². The third-order valence-corrected chi connectivity index (χ3v) is 6.45. The second kappa shape index (κ2) is 9.60. The minimum atomic E-state index is -0.937. The predicted molar refractivity (Wildman–Crippen MR) is 133 cm³/mol. The summed E-state index contributed by atoms with van der Waals surface area (Å²) in [4.78, 5) is 40.0. The first-order valence-electron chi connectivity index (χ1n) is 12.0. The second-order valence-electron chi connectivity index (χ2n) is 10.3. The van der Waals surface area contributed by atoms with Crippen molar-refractivity contribution < 1.29 is 23.9 Å². The van der Waals surface area contributed by atoms with E-state index in [0.29, 0.717) is 42.6 Å². The van der Waals surface area contributed by atoms with Crippen LogP contribution in [-0.4, -0.2) is 41.4 Å². The Morgan fingerprint density at radius 2 is 1.77 bits per heavy atom. The van der Waals surface area contributed by atoms with Crippen molar-refractivity contribution >= 4 is 23.5 Å². The molecule has 1 spiro atoms. The zero-order chi connectivity index (χ0) is 25.2. The molecule has 2 aromatic carbocycles. The number of para-hydroxylation sites is 2. The van der Waals surface area contributed by atoms with E-state index in [1.54, 1.807) is 48.5 Å². The van der Waals surface area contributed by atoms with Crippen molar-refractivity contribution in [1.29, 1.82) is 0 Å². The van der Waals surface area contributed by atoms with E-state index >= 15 is 0 Å². The molecule has 186 valence electrons. The summed E-state index contributed by atoms with van der Waals surface area (Å²) in [5.74, 6) is 1.27. The fraction of sp³-hybridized carbons (Fsp3) is 0.444. The van der Waals surface area contributed by atoms with Gasteiger partial charge < -0.3 is 20.1 Å². The fourth-order valence-electron chi connectivity index (χ4n) is 5.54. The van der Waals surface area contributed by atoms with E-state index in [9.17, 15) is 14.4 Å². The smallest absolute Gasteiger partial charge is 0.325 e. The van der Waals surface area contributed by atoms with E-state index in [4.69, 9.17) is 9.47 Å². The van der Waals surface area contributed by atoms with Gasteiger partial charge in [0.1, 0.15) is 23.6 Å². The molecule has 2 N–H and O–H groups in total. The highest BCUT2D eigenvalue weighted by Gasteiger charge is 2.56. The number of benzene rings is 2. The Balaban J connectivity index is 1.44. The Hall–Kier alpha value is -3.55. The van der Waals surface area contributed by atoms with Crippen LogP contribution in [0.4, 0.5) is 10.5 Å². The Bertz CT molecular complexity index is 1110. The molecule has 0 bridgehead atoms. The van der Waals surface area contributed by atoms with Crippen LogP contribution in [0.25, 0.3) is 0 Å². The lowest BCUT2D eigenvalue weighted by molar-refractivity contribution is -0.136. The van der Waals surface area contributed by atoms with Gasteiger partial charge in [-0.15, -0.1) is 0 Å². The molecule has 35 heavy (non-hydrogen) atoms. The lowest BCUT2D eigenvalue weighted by Gasteiger charge is -2.43. The number of imide groups is 1. The number of carbonyl (C=O) groups is 3. The quantitative estimate of drug-likeness (QED) is 0.548. The van der Waals surface area contributed by atoms with Crippen LogP contribution in [0.1, 0.15) is 47.0 Å². The first kappa shape index (κ1) is 24.6. The van der Waals surface area contributed by atoms with E-state index < -0.39 is 17.5 Å². The van der Waals surface area contributed by atoms with Crippen molar-refractivity contribution in [2.75, 3.05) is 18.5 Å². The molecule has 2 unspecified atom stereocenters. The molecular weight excluding hydrogens is 446 g/mol. The van der Waals surface area contributed by atoms with E-state index in [1.165, 1.54) is 0 Å². The summed E-state index contributed by atoms with van der Waals surface area (Å²) in [7, 11) is 0. The van der Waals surface area contributed by atoms with Gasteiger partial charge in [-0.2, -0.15) is 0 Å². The number of anilines is 1. The lowest BCUT2D eigenvalue weighted by Crippen LogP contribution is -2.54. The van der Waals surface area contributed by atoms with Crippen LogP contribution in [0.3, 0.4) is 0 Å². The van der Waals surface area contributed by atoms with Gasteiger partial charge in [0.05, 0.1) is 12.3 Å². The largest absolute Gasteiger partial charge is 0.494 e. The SMILES string of the molecule is CCOc1ccc(Oc2ccccc2NC(=O)CN2C(=O)NC3(CC(C)CC(C)(C)C3)C2=O)cc1. The summed E-state index contributed by atoms with van der Waals surface area (Å²) in [6, 6.07) is 13.7. The van der Waals surface area contributed by atoms with E-state index in [1.807, 2.05) is 6.92 Å². The first-order valence-corrected chi connectivity index (χ1v) is 12.0. The molecule has 0 radical (unpaired) electrons. The Morgan fingerprint density at radius 3 is 2.46 bits per heavy atom. The van der Waals surface area contributed by atoms with Crippen LogP contribution in [0.15, 0.2) is 48.5 Å². The van der Waals surface area contributed by atoms with Gasteiger partial charge in [0.25, 0.3) is 5.91 Å². The van der Waals surface area contributed by atoms with Gasteiger partial charge in [-0.3, -0.25) is 14.5 Å². The van der Waals surface area contributed by atoms with Crippen molar-refractivity contribution in [1.82, 2.24) is 10.2 Å². The molecule has 2 aromatic rings. The summed E-state index contributed by atoms with van der Waals surface area (Å²) in [5.41, 5.74) is -0.566. The van der Waals surface area contributed by atoms with Gasteiger partial charge in [-0.25, -0.2) is 4.79 Å². The molecule has 1 aliphatic carbocycles. The Kier molecular flexibility index (Phi) is 6.74. The van der Waals surface area contributed by atoms with Crippen molar-refractivity contribution in [3.05, 3.63) is 48.5 Å². The average Bonchev–Trinajstić information content (AvgIpc) is 2.98. The van der Waals surface area contributed by atoms with Crippen LogP contribution in [-0.2, 0) is 9.59 Å². The monoisotopic (exact) mass is 479 g/mol. The van der Waals surface area contributed by atoms with E-state index in [2.05, 4.69) is 31.4 Å². The topological polar surface area (TPSA) is 97.0 Å². The average molecular weight is 480 g/mol. The molecule has 2 atom stereocenters. The van der Waals surface area contributed by atoms with Gasteiger partial charge in [0.2, 0.25) is 5.91 Å². The maximum atomic E-state index is 13.3. The molecule has 0 aromatic heterocycles. The van der Waals surface area contributed by atoms with E-state index in [0.717, 1.165) is 17.1 Å². The van der Waals surface area contributed by atoms with Crippen molar-refractivity contribution in [3.8, 4) is 17.2 Å². The summed E-state index contributed by atoms with van der Waals surface area (Å²) < 4.78 is 11.4. The fourth-order valence-corrected chi connectivity index (χ4v) is 5.54. The minimum Gasteiger partial charge on any atom is -0.494 e. The molecule has 4 amide bonds. The van der Waals surface area contributed by atoms with E-state index in [-0.39, 0.29) is 17.9 Å². The molecular formula is C27H33N3O5. The summed E-state index contributed by atoms with van der Waals surface area (Å²) in [5, 5.41) is 5.69. The number of nitrogens with one attached hydrogen (secondary N) is 2. The molecule has 1 saturated heterocycles.